The number of pyridine rings is 1. The van der Waals surface area contributed by atoms with Crippen LogP contribution in [0.2, 0.25) is 0 Å². The third kappa shape index (κ3) is 2.36. The molecule has 1 amide bonds. The van der Waals surface area contributed by atoms with Gasteiger partial charge in [0.2, 0.25) is 0 Å². The number of carboxylic acids is 1. The van der Waals surface area contributed by atoms with Crippen LogP contribution < -0.4 is 5.32 Å². The summed E-state index contributed by atoms with van der Waals surface area (Å²) in [6, 6.07) is 2.85. The van der Waals surface area contributed by atoms with Gasteiger partial charge in [-0.2, -0.15) is 0 Å². The predicted octanol–water partition coefficient (Wildman–Crippen LogP) is 1.54. The minimum atomic E-state index is -1.04. The van der Waals surface area contributed by atoms with Crippen molar-refractivity contribution in [2.45, 2.75) is 33.2 Å². The number of carboxylic acid groups (broad SMARTS) is 1. The smallest absolute Gasteiger partial charge is 0.326 e. The summed E-state index contributed by atoms with van der Waals surface area (Å²) in [6.45, 7) is 5.36. The Morgan fingerprint density at radius 3 is 2.75 bits per heavy atom. The molecule has 1 atom stereocenters. The molecular formula is C14H17N3O3. The lowest BCUT2D eigenvalue weighted by atomic mass is 10.2. The van der Waals surface area contributed by atoms with Crippen LogP contribution in [0.3, 0.4) is 0 Å². The molecule has 20 heavy (non-hydrogen) atoms. The molecule has 0 aliphatic rings. The van der Waals surface area contributed by atoms with Crippen LogP contribution in [0.15, 0.2) is 18.3 Å². The summed E-state index contributed by atoms with van der Waals surface area (Å²) in [5.41, 5.74) is 2.62. The number of imidazole rings is 1. The molecule has 0 aromatic carbocycles. The highest BCUT2D eigenvalue weighted by atomic mass is 16.4. The first-order valence-electron chi connectivity index (χ1n) is 6.43. The van der Waals surface area contributed by atoms with Gasteiger partial charge in [0.05, 0.1) is 5.69 Å². The van der Waals surface area contributed by atoms with Gasteiger partial charge in [-0.1, -0.05) is 13.0 Å². The van der Waals surface area contributed by atoms with Gasteiger partial charge in [0, 0.05) is 6.20 Å². The quantitative estimate of drug-likeness (QED) is 0.886. The largest absolute Gasteiger partial charge is 0.480 e. The maximum absolute atomic E-state index is 12.3. The standard InChI is InChI=1S/C14H17N3O3/c1-4-10(14(19)20)16-13(18)11-9(3)15-12-8(2)6-5-7-17(11)12/h5-7,10H,4H2,1-3H3,(H,16,18)(H,19,20). The number of hydrogen-bond donors (Lipinski definition) is 2. The lowest BCUT2D eigenvalue weighted by Gasteiger charge is -2.12. The number of rotatable bonds is 4. The molecule has 0 radical (unpaired) electrons. The van der Waals surface area contributed by atoms with E-state index in [1.165, 1.54) is 0 Å². The molecule has 2 heterocycles. The molecule has 6 nitrogen and oxygen atoms in total. The van der Waals surface area contributed by atoms with Gasteiger partial charge in [-0.3, -0.25) is 9.20 Å². The molecule has 2 rings (SSSR count). The molecule has 0 fully saturated rings. The van der Waals surface area contributed by atoms with E-state index in [-0.39, 0.29) is 0 Å². The van der Waals surface area contributed by atoms with Crippen LogP contribution in [-0.2, 0) is 4.79 Å². The Bertz CT molecular complexity index is 676. The first kappa shape index (κ1) is 14.0. The van der Waals surface area contributed by atoms with Crippen LogP contribution >= 0.6 is 0 Å². The molecule has 2 aromatic rings. The highest BCUT2D eigenvalue weighted by Gasteiger charge is 2.22. The maximum atomic E-state index is 12.3. The Morgan fingerprint density at radius 2 is 2.15 bits per heavy atom. The predicted molar refractivity (Wildman–Crippen MR) is 73.8 cm³/mol. The van der Waals surface area contributed by atoms with Crippen LogP contribution in [0.5, 0.6) is 0 Å². The Morgan fingerprint density at radius 1 is 1.45 bits per heavy atom. The number of amides is 1. The molecule has 106 valence electrons. The van der Waals surface area contributed by atoms with Crippen LogP contribution in [0.25, 0.3) is 5.65 Å². The second-order valence-corrected chi connectivity index (χ2v) is 4.70. The van der Waals surface area contributed by atoms with Crippen molar-refractivity contribution in [2.75, 3.05) is 0 Å². The second-order valence-electron chi connectivity index (χ2n) is 4.70. The van der Waals surface area contributed by atoms with Crippen molar-refractivity contribution in [1.29, 1.82) is 0 Å². The number of nitrogens with one attached hydrogen (secondary N) is 1. The van der Waals surface area contributed by atoms with Gasteiger partial charge in [-0.15, -0.1) is 0 Å². The Labute approximate surface area is 116 Å². The van der Waals surface area contributed by atoms with Gasteiger partial charge in [-0.25, -0.2) is 9.78 Å². The topological polar surface area (TPSA) is 83.7 Å². The zero-order valence-electron chi connectivity index (χ0n) is 11.7. The first-order valence-corrected chi connectivity index (χ1v) is 6.43. The molecule has 2 N–H and O–H groups in total. The van der Waals surface area contributed by atoms with Gasteiger partial charge in [0.25, 0.3) is 5.91 Å². The number of aryl methyl sites for hydroxylation is 2. The molecule has 6 heteroatoms. The molecule has 2 aromatic heterocycles. The number of aromatic nitrogens is 2. The second kappa shape index (κ2) is 5.32. The fourth-order valence-electron chi connectivity index (χ4n) is 2.16. The van der Waals surface area contributed by atoms with Crippen molar-refractivity contribution in [3.8, 4) is 0 Å². The van der Waals surface area contributed by atoms with Crippen molar-refractivity contribution >= 4 is 17.5 Å². The summed E-state index contributed by atoms with van der Waals surface area (Å²) in [5, 5.41) is 11.5. The summed E-state index contributed by atoms with van der Waals surface area (Å²) in [6.07, 6.45) is 2.08. The summed E-state index contributed by atoms with van der Waals surface area (Å²) < 4.78 is 1.69. The summed E-state index contributed by atoms with van der Waals surface area (Å²) in [5.74, 6) is -1.46. The summed E-state index contributed by atoms with van der Waals surface area (Å²) in [7, 11) is 0. The van der Waals surface area contributed by atoms with Gasteiger partial charge in [0.15, 0.2) is 0 Å². The molecule has 1 unspecified atom stereocenters. The third-order valence-electron chi connectivity index (χ3n) is 3.25. The van der Waals surface area contributed by atoms with Gasteiger partial charge >= 0.3 is 5.97 Å². The van der Waals surface area contributed by atoms with Crippen LogP contribution in [0.1, 0.15) is 35.1 Å². The first-order chi connectivity index (χ1) is 9.45. The van der Waals surface area contributed by atoms with Crippen LogP contribution in [0, 0.1) is 13.8 Å². The molecule has 0 spiro atoms. The minimum Gasteiger partial charge on any atom is -0.480 e. The number of fused-ring (bicyclic) bond motifs is 1. The highest BCUT2D eigenvalue weighted by molar-refractivity contribution is 5.97. The highest BCUT2D eigenvalue weighted by Crippen LogP contribution is 2.15. The average Bonchev–Trinajstić information content (AvgIpc) is 2.73. The van der Waals surface area contributed by atoms with E-state index in [9.17, 15) is 9.59 Å². The summed E-state index contributed by atoms with van der Waals surface area (Å²) in [4.78, 5) is 27.7. The molecular weight excluding hydrogens is 258 g/mol. The van der Waals surface area contributed by atoms with Crippen LogP contribution in [-0.4, -0.2) is 32.4 Å². The van der Waals surface area contributed by atoms with E-state index < -0.39 is 17.9 Å². The third-order valence-corrected chi connectivity index (χ3v) is 3.25. The van der Waals surface area contributed by atoms with Gasteiger partial charge in [-0.05, 0) is 31.9 Å². The normalized spacial score (nSPS) is 12.3. The van der Waals surface area contributed by atoms with Crippen molar-refractivity contribution in [3.05, 3.63) is 35.3 Å². The van der Waals surface area contributed by atoms with E-state index in [0.29, 0.717) is 23.5 Å². The van der Waals surface area contributed by atoms with Gasteiger partial charge < -0.3 is 10.4 Å². The fourth-order valence-corrected chi connectivity index (χ4v) is 2.16. The lowest BCUT2D eigenvalue weighted by Crippen LogP contribution is -2.40. The monoisotopic (exact) mass is 275 g/mol. The van der Waals surface area contributed by atoms with E-state index in [2.05, 4.69) is 10.3 Å². The molecule has 0 saturated heterocycles. The Kier molecular flexibility index (Phi) is 3.74. The molecule has 0 aliphatic heterocycles. The number of carbonyl (C=O) groups excluding carboxylic acids is 1. The van der Waals surface area contributed by atoms with Crippen molar-refractivity contribution < 1.29 is 14.7 Å². The van der Waals surface area contributed by atoms with Gasteiger partial charge in [0.1, 0.15) is 17.4 Å². The van der Waals surface area contributed by atoms with E-state index in [1.54, 1.807) is 24.4 Å². The molecule has 0 saturated carbocycles. The lowest BCUT2D eigenvalue weighted by molar-refractivity contribution is -0.139. The Hall–Kier alpha value is -2.37. The molecule has 0 bridgehead atoms. The van der Waals surface area contributed by atoms with E-state index >= 15 is 0 Å². The van der Waals surface area contributed by atoms with E-state index in [4.69, 9.17) is 5.11 Å². The van der Waals surface area contributed by atoms with Crippen molar-refractivity contribution in [2.24, 2.45) is 0 Å². The van der Waals surface area contributed by atoms with E-state index in [1.807, 2.05) is 19.1 Å². The van der Waals surface area contributed by atoms with Crippen molar-refractivity contribution in [3.63, 3.8) is 0 Å². The minimum absolute atomic E-state index is 0.329. The fraction of sp³-hybridized carbons (Fsp3) is 0.357. The number of nitrogens with zero attached hydrogens (tertiary/aromatic N) is 2. The average molecular weight is 275 g/mol. The number of hydrogen-bond acceptors (Lipinski definition) is 3. The SMILES string of the molecule is CCC(NC(=O)c1c(C)nc2c(C)cccn12)C(=O)O. The zero-order chi connectivity index (χ0) is 14.9. The number of carbonyl (C=O) groups is 2. The number of aliphatic carboxylic acids is 1. The maximum Gasteiger partial charge on any atom is 0.326 e. The van der Waals surface area contributed by atoms with Crippen molar-refractivity contribution in [1.82, 2.24) is 14.7 Å². The van der Waals surface area contributed by atoms with Crippen LogP contribution in [0.4, 0.5) is 0 Å². The zero-order valence-corrected chi connectivity index (χ0v) is 11.7. The van der Waals surface area contributed by atoms with E-state index in [0.717, 1.165) is 5.56 Å². The molecule has 0 aliphatic carbocycles. The summed E-state index contributed by atoms with van der Waals surface area (Å²) >= 11 is 0. The Balaban J connectivity index is 2.42.